The normalized spacial score (nSPS) is 40.5. The van der Waals surface area contributed by atoms with Crippen LogP contribution in [0.1, 0.15) is 26.7 Å². The summed E-state index contributed by atoms with van der Waals surface area (Å²) >= 11 is 0. The predicted octanol–water partition coefficient (Wildman–Crippen LogP) is -1.08. The molecule has 1 saturated heterocycles. The molecule has 1 spiro atoms. The maximum absolute atomic E-state index is 7.64. The van der Waals surface area contributed by atoms with E-state index in [9.17, 15) is 0 Å². The zero-order valence-corrected chi connectivity index (χ0v) is 11.6. The first kappa shape index (κ1) is 11.6. The van der Waals surface area contributed by atoms with E-state index in [0.717, 1.165) is 6.42 Å². The Morgan fingerprint density at radius 1 is 1.50 bits per heavy atom. The zero-order valence-electron chi connectivity index (χ0n) is 8.43. The first-order valence-corrected chi connectivity index (χ1v) is 4.59. The summed E-state index contributed by atoms with van der Waals surface area (Å²) in [6.45, 7) is 6.92. The van der Waals surface area contributed by atoms with Crippen LogP contribution in [0.3, 0.4) is 0 Å². The molecule has 2 aliphatic rings. The molecule has 2 atom stereocenters. The van der Waals surface area contributed by atoms with Gasteiger partial charge in [0.25, 0.3) is 0 Å². The van der Waals surface area contributed by atoms with E-state index in [-0.39, 0.29) is 57.4 Å². The molecule has 2 rings (SSSR count). The number of likely N-dealkylation sites (tertiary alicyclic amines) is 1. The standard InChI is InChI=1S/C9H17N2.K/c1-7(2)11-4-3-9(6-11)5-8(9)10;/h7-8,10H,3-6H2,1-2H3;/q-1;+1. The van der Waals surface area contributed by atoms with Gasteiger partial charge >= 0.3 is 51.4 Å². The Kier molecular flexibility index (Phi) is 3.85. The molecule has 0 bridgehead atoms. The summed E-state index contributed by atoms with van der Waals surface area (Å²) in [6, 6.07) is 0.952. The molecule has 1 aliphatic carbocycles. The molecule has 2 nitrogen and oxygen atoms in total. The largest absolute Gasteiger partial charge is 1.00 e. The van der Waals surface area contributed by atoms with Gasteiger partial charge in [0.1, 0.15) is 0 Å². The van der Waals surface area contributed by atoms with Crippen molar-refractivity contribution < 1.29 is 51.4 Å². The van der Waals surface area contributed by atoms with Crippen LogP contribution < -0.4 is 51.4 Å². The average Bonchev–Trinajstić information content (AvgIpc) is 2.44. The summed E-state index contributed by atoms with van der Waals surface area (Å²) in [6.07, 6.45) is 2.44. The van der Waals surface area contributed by atoms with Crippen molar-refractivity contribution in [2.75, 3.05) is 13.1 Å². The average molecular weight is 192 g/mol. The summed E-state index contributed by atoms with van der Waals surface area (Å²) in [5.74, 6) is 0. The van der Waals surface area contributed by atoms with Gasteiger partial charge in [0.2, 0.25) is 0 Å². The fourth-order valence-corrected chi connectivity index (χ4v) is 2.17. The maximum atomic E-state index is 7.64. The summed E-state index contributed by atoms with van der Waals surface area (Å²) in [5, 5.41) is 0. The van der Waals surface area contributed by atoms with Crippen LogP contribution in [0.2, 0.25) is 0 Å². The van der Waals surface area contributed by atoms with E-state index < -0.39 is 0 Å². The van der Waals surface area contributed by atoms with Crippen LogP contribution in [0, 0.1) is 5.41 Å². The molecule has 0 aromatic carbocycles. The van der Waals surface area contributed by atoms with Crippen molar-refractivity contribution in [3.05, 3.63) is 5.73 Å². The molecule has 2 fully saturated rings. The molecule has 1 N–H and O–H groups in total. The van der Waals surface area contributed by atoms with Crippen LogP contribution in [-0.2, 0) is 0 Å². The minimum Gasteiger partial charge on any atom is -0.674 e. The van der Waals surface area contributed by atoms with Crippen LogP contribution in [0.4, 0.5) is 0 Å². The van der Waals surface area contributed by atoms with Crippen molar-refractivity contribution >= 4 is 0 Å². The Hall–Kier alpha value is 1.56. The molecule has 1 saturated carbocycles. The van der Waals surface area contributed by atoms with Crippen LogP contribution in [0.5, 0.6) is 0 Å². The van der Waals surface area contributed by atoms with E-state index in [1.54, 1.807) is 0 Å². The third-order valence-corrected chi connectivity index (χ3v) is 3.33. The van der Waals surface area contributed by atoms with Crippen molar-refractivity contribution in [1.82, 2.24) is 4.90 Å². The van der Waals surface area contributed by atoms with Gasteiger partial charge in [-0.05, 0) is 32.2 Å². The smallest absolute Gasteiger partial charge is 0.674 e. The van der Waals surface area contributed by atoms with Crippen LogP contribution in [0.25, 0.3) is 5.73 Å². The first-order valence-electron chi connectivity index (χ1n) is 4.59. The van der Waals surface area contributed by atoms with Gasteiger partial charge < -0.3 is 10.6 Å². The Bertz CT molecular complexity index is 172. The topological polar surface area (TPSA) is 27.0 Å². The van der Waals surface area contributed by atoms with Gasteiger partial charge in [-0.25, -0.2) is 0 Å². The third kappa shape index (κ3) is 1.97. The second-order valence-electron chi connectivity index (χ2n) is 4.43. The van der Waals surface area contributed by atoms with Gasteiger partial charge in [0.15, 0.2) is 0 Å². The monoisotopic (exact) mass is 192 g/mol. The van der Waals surface area contributed by atoms with E-state index in [1.165, 1.54) is 19.5 Å². The van der Waals surface area contributed by atoms with E-state index in [0.29, 0.717) is 11.5 Å². The van der Waals surface area contributed by atoms with Gasteiger partial charge in [-0.3, -0.25) is 0 Å². The number of rotatable bonds is 1. The van der Waals surface area contributed by atoms with Crippen molar-refractivity contribution in [2.24, 2.45) is 5.41 Å². The van der Waals surface area contributed by atoms with Crippen molar-refractivity contribution in [2.45, 2.75) is 38.8 Å². The van der Waals surface area contributed by atoms with Crippen LogP contribution in [0.15, 0.2) is 0 Å². The predicted molar refractivity (Wildman–Crippen MR) is 46.5 cm³/mol. The quantitative estimate of drug-likeness (QED) is 0.485. The Labute approximate surface area is 118 Å². The minimum absolute atomic E-state index is 0. The Balaban J connectivity index is 0.000000720. The molecule has 2 unspecified atom stereocenters. The van der Waals surface area contributed by atoms with Crippen LogP contribution >= 0.6 is 0 Å². The summed E-state index contributed by atoms with van der Waals surface area (Å²) in [5.41, 5.74) is 8.09. The van der Waals surface area contributed by atoms with Crippen molar-refractivity contribution in [3.63, 3.8) is 0 Å². The molecular formula is C9H17KN2. The number of hydrogen-bond donors (Lipinski definition) is 0. The maximum Gasteiger partial charge on any atom is 1.00 e. The van der Waals surface area contributed by atoms with Gasteiger partial charge in [0, 0.05) is 12.6 Å². The van der Waals surface area contributed by atoms with Crippen LogP contribution in [-0.4, -0.2) is 30.1 Å². The molecule has 0 amide bonds. The summed E-state index contributed by atoms with van der Waals surface area (Å²) < 4.78 is 0. The van der Waals surface area contributed by atoms with Gasteiger partial charge in [-0.1, -0.05) is 6.42 Å². The molecule has 3 heteroatoms. The SMILES string of the molecule is CC(C)N1CCC2(CC2[NH-])C1.[K+]. The minimum atomic E-state index is 0. The number of nitrogens with one attached hydrogen (secondary N) is 1. The summed E-state index contributed by atoms with van der Waals surface area (Å²) in [4.78, 5) is 2.51. The molecule has 1 aliphatic heterocycles. The second kappa shape index (κ2) is 3.97. The zero-order chi connectivity index (χ0) is 8.06. The second-order valence-corrected chi connectivity index (χ2v) is 4.43. The molecule has 0 radical (unpaired) electrons. The van der Waals surface area contributed by atoms with Gasteiger partial charge in [-0.2, -0.15) is 0 Å². The van der Waals surface area contributed by atoms with E-state index in [2.05, 4.69) is 18.7 Å². The number of nitrogens with zero attached hydrogens (tertiary/aromatic N) is 1. The molecule has 0 aromatic heterocycles. The Morgan fingerprint density at radius 3 is 2.33 bits per heavy atom. The molecular weight excluding hydrogens is 175 g/mol. The summed E-state index contributed by atoms with van der Waals surface area (Å²) in [7, 11) is 0. The van der Waals surface area contributed by atoms with E-state index >= 15 is 0 Å². The van der Waals surface area contributed by atoms with E-state index in [4.69, 9.17) is 5.73 Å². The fourth-order valence-electron chi connectivity index (χ4n) is 2.17. The van der Waals surface area contributed by atoms with Gasteiger partial charge in [-0.15, -0.1) is 6.04 Å². The number of hydrogen-bond acceptors (Lipinski definition) is 1. The molecule has 1 heterocycles. The molecule has 64 valence electrons. The first-order chi connectivity index (χ1) is 5.14. The molecule has 12 heavy (non-hydrogen) atoms. The Morgan fingerprint density at radius 2 is 2.08 bits per heavy atom. The van der Waals surface area contributed by atoms with Crippen molar-refractivity contribution in [3.8, 4) is 0 Å². The van der Waals surface area contributed by atoms with Crippen molar-refractivity contribution in [1.29, 1.82) is 0 Å². The molecule has 0 aromatic rings. The van der Waals surface area contributed by atoms with Gasteiger partial charge in [0.05, 0.1) is 0 Å². The third-order valence-electron chi connectivity index (χ3n) is 3.33. The fraction of sp³-hybridized carbons (Fsp3) is 1.00. The van der Waals surface area contributed by atoms with E-state index in [1.807, 2.05) is 0 Å².